The quantitative estimate of drug-likeness (QED) is 0.557. The maximum atomic E-state index is 12.1. The summed E-state index contributed by atoms with van der Waals surface area (Å²) in [6, 6.07) is 19.4. The molecule has 4 heteroatoms. The molecule has 3 rings (SSSR count). The van der Waals surface area contributed by atoms with Crippen LogP contribution in [0.5, 0.6) is 0 Å². The Morgan fingerprint density at radius 1 is 1.04 bits per heavy atom. The standard InChI is InChI=1S/C19H15ClN2O/c1-13-6-9-17(18(20)10-13)19(23)22-21-12-14-7-8-15-4-2-3-5-16(15)11-14/h2-12H,1H3,(H,22,23). The van der Waals surface area contributed by atoms with Crippen molar-refractivity contribution in [3.05, 3.63) is 82.4 Å². The van der Waals surface area contributed by atoms with Gasteiger partial charge in [0.2, 0.25) is 0 Å². The van der Waals surface area contributed by atoms with Crippen molar-refractivity contribution >= 4 is 34.5 Å². The summed E-state index contributed by atoms with van der Waals surface area (Å²) in [7, 11) is 0. The van der Waals surface area contributed by atoms with Crippen LogP contribution < -0.4 is 5.43 Å². The van der Waals surface area contributed by atoms with Crippen LogP contribution >= 0.6 is 11.6 Å². The van der Waals surface area contributed by atoms with E-state index in [-0.39, 0.29) is 5.91 Å². The lowest BCUT2D eigenvalue weighted by atomic mass is 10.1. The lowest BCUT2D eigenvalue weighted by Gasteiger charge is -2.03. The second-order valence-corrected chi connectivity index (χ2v) is 5.70. The molecule has 0 saturated heterocycles. The van der Waals surface area contributed by atoms with E-state index >= 15 is 0 Å². The molecule has 0 spiro atoms. The van der Waals surface area contributed by atoms with Gasteiger partial charge in [-0.3, -0.25) is 4.79 Å². The van der Waals surface area contributed by atoms with Gasteiger partial charge in [0.1, 0.15) is 0 Å². The predicted molar refractivity (Wildman–Crippen MR) is 95.2 cm³/mol. The van der Waals surface area contributed by atoms with Crippen molar-refractivity contribution in [2.24, 2.45) is 5.10 Å². The van der Waals surface area contributed by atoms with Gasteiger partial charge in [0, 0.05) is 0 Å². The van der Waals surface area contributed by atoms with Gasteiger partial charge in [-0.15, -0.1) is 0 Å². The summed E-state index contributed by atoms with van der Waals surface area (Å²) in [5.41, 5.74) is 4.83. The van der Waals surface area contributed by atoms with E-state index in [9.17, 15) is 4.79 Å². The molecule has 0 unspecified atom stereocenters. The molecule has 0 aromatic heterocycles. The monoisotopic (exact) mass is 322 g/mol. The van der Waals surface area contributed by atoms with E-state index in [0.717, 1.165) is 16.5 Å². The molecule has 114 valence electrons. The smallest absolute Gasteiger partial charge is 0.267 e. The largest absolute Gasteiger partial charge is 0.272 e. The van der Waals surface area contributed by atoms with E-state index in [0.29, 0.717) is 10.6 Å². The third-order valence-corrected chi connectivity index (χ3v) is 3.84. The number of benzene rings is 3. The van der Waals surface area contributed by atoms with Gasteiger partial charge < -0.3 is 0 Å². The molecule has 0 radical (unpaired) electrons. The maximum Gasteiger partial charge on any atom is 0.272 e. The van der Waals surface area contributed by atoms with Gasteiger partial charge in [0.25, 0.3) is 5.91 Å². The van der Waals surface area contributed by atoms with Crippen LogP contribution in [-0.4, -0.2) is 12.1 Å². The molecule has 1 amide bonds. The van der Waals surface area contributed by atoms with Crippen molar-refractivity contribution < 1.29 is 4.79 Å². The first-order chi connectivity index (χ1) is 11.1. The number of hydrogen-bond acceptors (Lipinski definition) is 2. The number of nitrogens with zero attached hydrogens (tertiary/aromatic N) is 1. The van der Waals surface area contributed by atoms with Crippen LogP contribution in [0.1, 0.15) is 21.5 Å². The third kappa shape index (κ3) is 3.58. The van der Waals surface area contributed by atoms with Crippen molar-refractivity contribution in [3.63, 3.8) is 0 Å². The van der Waals surface area contributed by atoms with Gasteiger partial charge in [0.05, 0.1) is 16.8 Å². The van der Waals surface area contributed by atoms with Gasteiger partial charge in [0.15, 0.2) is 0 Å². The van der Waals surface area contributed by atoms with E-state index < -0.39 is 0 Å². The minimum atomic E-state index is -0.327. The number of aryl methyl sites for hydroxylation is 1. The van der Waals surface area contributed by atoms with Gasteiger partial charge >= 0.3 is 0 Å². The molecule has 3 aromatic rings. The summed E-state index contributed by atoms with van der Waals surface area (Å²) in [5.74, 6) is -0.327. The molecular weight excluding hydrogens is 308 g/mol. The summed E-state index contributed by atoms with van der Waals surface area (Å²) in [5, 5.41) is 6.72. The lowest BCUT2D eigenvalue weighted by molar-refractivity contribution is 0.0955. The highest BCUT2D eigenvalue weighted by Crippen LogP contribution is 2.17. The zero-order chi connectivity index (χ0) is 16.2. The van der Waals surface area contributed by atoms with Crippen LogP contribution in [0.2, 0.25) is 5.02 Å². The second-order valence-electron chi connectivity index (χ2n) is 5.29. The molecule has 0 aliphatic carbocycles. The highest BCUT2D eigenvalue weighted by Gasteiger charge is 2.08. The normalized spacial score (nSPS) is 11.0. The minimum absolute atomic E-state index is 0.327. The fraction of sp³-hybridized carbons (Fsp3) is 0.0526. The highest BCUT2D eigenvalue weighted by atomic mass is 35.5. The number of rotatable bonds is 3. The third-order valence-electron chi connectivity index (χ3n) is 3.52. The van der Waals surface area contributed by atoms with Crippen LogP contribution in [0.4, 0.5) is 0 Å². The first-order valence-corrected chi connectivity index (χ1v) is 7.59. The van der Waals surface area contributed by atoms with Crippen molar-refractivity contribution in [3.8, 4) is 0 Å². The summed E-state index contributed by atoms with van der Waals surface area (Å²) in [4.78, 5) is 12.1. The Hall–Kier alpha value is -2.65. The van der Waals surface area contributed by atoms with Crippen LogP contribution in [-0.2, 0) is 0 Å². The topological polar surface area (TPSA) is 41.5 Å². The fourth-order valence-electron chi connectivity index (χ4n) is 2.32. The van der Waals surface area contributed by atoms with Crippen LogP contribution in [0.15, 0.2) is 65.8 Å². The van der Waals surface area contributed by atoms with E-state index in [2.05, 4.69) is 16.6 Å². The zero-order valence-corrected chi connectivity index (χ0v) is 13.3. The molecule has 1 N–H and O–H groups in total. The van der Waals surface area contributed by atoms with Gasteiger partial charge in [-0.05, 0) is 47.0 Å². The number of carbonyl (C=O) groups excluding carboxylic acids is 1. The Morgan fingerprint density at radius 2 is 1.83 bits per heavy atom. The van der Waals surface area contributed by atoms with Crippen LogP contribution in [0.25, 0.3) is 10.8 Å². The number of hydrogen-bond donors (Lipinski definition) is 1. The number of hydrazone groups is 1. The number of fused-ring (bicyclic) bond motifs is 1. The first kappa shape index (κ1) is 15.3. The average Bonchev–Trinajstić information content (AvgIpc) is 2.54. The number of halogens is 1. The van der Waals surface area contributed by atoms with Crippen molar-refractivity contribution in [2.75, 3.05) is 0 Å². The lowest BCUT2D eigenvalue weighted by Crippen LogP contribution is -2.18. The van der Waals surface area contributed by atoms with Gasteiger partial charge in [-0.2, -0.15) is 5.10 Å². The Kier molecular flexibility index (Phi) is 4.40. The average molecular weight is 323 g/mol. The van der Waals surface area contributed by atoms with Gasteiger partial charge in [-0.25, -0.2) is 5.43 Å². The molecule has 0 saturated carbocycles. The Morgan fingerprint density at radius 3 is 2.61 bits per heavy atom. The molecule has 23 heavy (non-hydrogen) atoms. The fourth-order valence-corrected chi connectivity index (χ4v) is 2.64. The molecule has 3 aromatic carbocycles. The molecule has 0 aliphatic rings. The maximum absolute atomic E-state index is 12.1. The first-order valence-electron chi connectivity index (χ1n) is 7.22. The second kappa shape index (κ2) is 6.63. The van der Waals surface area contributed by atoms with E-state index in [4.69, 9.17) is 11.6 Å². The van der Waals surface area contributed by atoms with Crippen molar-refractivity contribution in [1.29, 1.82) is 0 Å². The summed E-state index contributed by atoms with van der Waals surface area (Å²) in [6.45, 7) is 1.92. The van der Waals surface area contributed by atoms with E-state index in [1.54, 1.807) is 18.3 Å². The van der Waals surface area contributed by atoms with Crippen molar-refractivity contribution in [2.45, 2.75) is 6.92 Å². The van der Waals surface area contributed by atoms with E-state index in [1.807, 2.05) is 49.4 Å². The molecule has 0 bridgehead atoms. The minimum Gasteiger partial charge on any atom is -0.267 e. The number of nitrogens with one attached hydrogen (secondary N) is 1. The Bertz CT molecular complexity index is 903. The molecule has 0 atom stereocenters. The SMILES string of the molecule is Cc1ccc(C(=O)NN=Cc2ccc3ccccc3c2)c(Cl)c1. The van der Waals surface area contributed by atoms with E-state index in [1.165, 1.54) is 5.39 Å². The van der Waals surface area contributed by atoms with Crippen LogP contribution in [0, 0.1) is 6.92 Å². The number of amides is 1. The Labute approximate surface area is 139 Å². The predicted octanol–water partition coefficient (Wildman–Crippen LogP) is 4.57. The van der Waals surface area contributed by atoms with Gasteiger partial charge in [-0.1, -0.05) is 54.1 Å². The molecular formula is C19H15ClN2O. The molecule has 0 heterocycles. The molecule has 0 aliphatic heterocycles. The van der Waals surface area contributed by atoms with Crippen molar-refractivity contribution in [1.82, 2.24) is 5.43 Å². The zero-order valence-electron chi connectivity index (χ0n) is 12.6. The molecule has 0 fully saturated rings. The number of carbonyl (C=O) groups is 1. The molecule has 3 nitrogen and oxygen atoms in total. The summed E-state index contributed by atoms with van der Waals surface area (Å²) in [6.07, 6.45) is 1.62. The summed E-state index contributed by atoms with van der Waals surface area (Å²) < 4.78 is 0. The summed E-state index contributed by atoms with van der Waals surface area (Å²) >= 11 is 6.07. The van der Waals surface area contributed by atoms with Crippen LogP contribution in [0.3, 0.4) is 0 Å². The highest BCUT2D eigenvalue weighted by molar-refractivity contribution is 6.33. The Balaban J connectivity index is 1.73.